The van der Waals surface area contributed by atoms with E-state index in [0.29, 0.717) is 0 Å². The minimum absolute atomic E-state index is 0.954. The molecule has 0 N–H and O–H groups in total. The Morgan fingerprint density at radius 2 is 1.36 bits per heavy atom. The summed E-state index contributed by atoms with van der Waals surface area (Å²) >= 11 is 0. The van der Waals surface area contributed by atoms with Crippen LogP contribution in [0.5, 0.6) is 0 Å². The third-order valence-electron chi connectivity index (χ3n) is 6.91. The number of hydrogen-bond acceptors (Lipinski definition) is 0. The Morgan fingerprint density at radius 3 is 2.14 bits per heavy atom. The molecule has 3 rings (SSSR count). The molecule has 0 aromatic heterocycles. The molecule has 2 fully saturated rings. The lowest BCUT2D eigenvalue weighted by Crippen LogP contribution is -2.25. The minimum Gasteiger partial charge on any atom is -0.0848 e. The molecule has 0 saturated heterocycles. The highest BCUT2D eigenvalue weighted by Gasteiger charge is 2.32. The average molecular weight is 303 g/mol. The summed E-state index contributed by atoms with van der Waals surface area (Å²) in [6.07, 6.45) is 25.1. The molecule has 0 aromatic rings. The van der Waals surface area contributed by atoms with Crippen molar-refractivity contribution in [2.45, 2.75) is 103 Å². The third kappa shape index (κ3) is 4.39. The van der Waals surface area contributed by atoms with Crippen molar-refractivity contribution in [1.29, 1.82) is 0 Å². The summed E-state index contributed by atoms with van der Waals surface area (Å²) in [5, 5.41) is 0. The summed E-state index contributed by atoms with van der Waals surface area (Å²) in [7, 11) is 0. The Balaban J connectivity index is 1.80. The molecule has 0 heterocycles. The van der Waals surface area contributed by atoms with Crippen LogP contribution in [-0.2, 0) is 0 Å². The van der Waals surface area contributed by atoms with Crippen LogP contribution >= 0.6 is 0 Å². The molecular weight excluding hydrogens is 264 g/mol. The first kappa shape index (κ1) is 16.6. The maximum atomic E-state index is 2.76. The van der Waals surface area contributed by atoms with Crippen LogP contribution in [0, 0.1) is 23.7 Å². The zero-order valence-electron chi connectivity index (χ0n) is 15.0. The molecule has 0 radical (unpaired) electrons. The fourth-order valence-electron chi connectivity index (χ4n) is 5.65. The second kappa shape index (κ2) is 8.55. The van der Waals surface area contributed by atoms with E-state index in [-0.39, 0.29) is 0 Å². The molecule has 126 valence electrons. The van der Waals surface area contributed by atoms with Gasteiger partial charge in [0.25, 0.3) is 0 Å². The van der Waals surface area contributed by atoms with E-state index in [1.54, 1.807) is 0 Å². The van der Waals surface area contributed by atoms with Gasteiger partial charge >= 0.3 is 0 Å². The Labute approximate surface area is 139 Å². The van der Waals surface area contributed by atoms with E-state index in [0.717, 1.165) is 23.7 Å². The second-order valence-electron chi connectivity index (χ2n) is 8.67. The molecule has 2 saturated carbocycles. The minimum atomic E-state index is 0.954. The van der Waals surface area contributed by atoms with Gasteiger partial charge in [-0.25, -0.2) is 0 Å². The van der Waals surface area contributed by atoms with Crippen LogP contribution < -0.4 is 0 Å². The van der Waals surface area contributed by atoms with Crippen molar-refractivity contribution in [3.8, 4) is 0 Å². The average Bonchev–Trinajstić information content (AvgIpc) is 3.08. The molecule has 0 nitrogen and oxygen atoms in total. The quantitative estimate of drug-likeness (QED) is 0.470. The molecular formula is C22H38. The van der Waals surface area contributed by atoms with Crippen LogP contribution in [-0.4, -0.2) is 0 Å². The van der Waals surface area contributed by atoms with Crippen molar-refractivity contribution in [3.63, 3.8) is 0 Å². The predicted octanol–water partition coefficient (Wildman–Crippen LogP) is 7.29. The highest BCUT2D eigenvalue weighted by Crippen LogP contribution is 2.45. The van der Waals surface area contributed by atoms with E-state index in [2.05, 4.69) is 13.0 Å². The van der Waals surface area contributed by atoms with Gasteiger partial charge in [0.15, 0.2) is 0 Å². The summed E-state index contributed by atoms with van der Waals surface area (Å²) in [5.41, 5.74) is 1.96. The third-order valence-corrected chi connectivity index (χ3v) is 6.91. The first-order chi connectivity index (χ1) is 10.8. The topological polar surface area (TPSA) is 0 Å². The van der Waals surface area contributed by atoms with Gasteiger partial charge in [0, 0.05) is 0 Å². The zero-order chi connectivity index (χ0) is 15.2. The standard InChI is InChI=1S/C22H38/c1-18-11-5-2-3-8-16-21(19-14-9-10-15-19)22(17-18)20-12-6-4-7-13-20/h16,18-20,22H,2-15,17H2,1H3. The van der Waals surface area contributed by atoms with Gasteiger partial charge in [-0.05, 0) is 68.6 Å². The molecule has 2 atom stereocenters. The summed E-state index contributed by atoms with van der Waals surface area (Å²) in [6, 6.07) is 0. The summed E-state index contributed by atoms with van der Waals surface area (Å²) < 4.78 is 0. The molecule has 0 heteroatoms. The smallest absolute Gasteiger partial charge is 0.0170 e. The monoisotopic (exact) mass is 302 g/mol. The molecule has 0 aromatic carbocycles. The van der Waals surface area contributed by atoms with Gasteiger partial charge in [-0.1, -0.05) is 69.9 Å². The largest absolute Gasteiger partial charge is 0.0848 e. The van der Waals surface area contributed by atoms with Gasteiger partial charge in [-0.2, -0.15) is 0 Å². The summed E-state index contributed by atoms with van der Waals surface area (Å²) in [4.78, 5) is 0. The Bertz CT molecular complexity index is 341. The highest BCUT2D eigenvalue weighted by atomic mass is 14.4. The first-order valence-corrected chi connectivity index (χ1v) is 10.5. The molecule has 0 aliphatic heterocycles. The van der Waals surface area contributed by atoms with Crippen molar-refractivity contribution in [3.05, 3.63) is 11.6 Å². The van der Waals surface area contributed by atoms with Gasteiger partial charge < -0.3 is 0 Å². The van der Waals surface area contributed by atoms with Gasteiger partial charge in [0.05, 0.1) is 0 Å². The molecule has 3 aliphatic rings. The van der Waals surface area contributed by atoms with Crippen LogP contribution in [0.25, 0.3) is 0 Å². The maximum Gasteiger partial charge on any atom is -0.0170 e. The van der Waals surface area contributed by atoms with E-state index in [4.69, 9.17) is 0 Å². The lowest BCUT2D eigenvalue weighted by molar-refractivity contribution is 0.223. The lowest BCUT2D eigenvalue weighted by Gasteiger charge is -2.37. The van der Waals surface area contributed by atoms with Gasteiger partial charge in [-0.3, -0.25) is 0 Å². The normalized spacial score (nSPS) is 33.6. The van der Waals surface area contributed by atoms with Gasteiger partial charge in [0.2, 0.25) is 0 Å². The zero-order valence-corrected chi connectivity index (χ0v) is 15.0. The Morgan fingerprint density at radius 1 is 0.727 bits per heavy atom. The number of allylic oxidation sites excluding steroid dienone is 2. The van der Waals surface area contributed by atoms with Crippen molar-refractivity contribution in [2.75, 3.05) is 0 Å². The van der Waals surface area contributed by atoms with Crippen LogP contribution in [0.2, 0.25) is 0 Å². The van der Waals surface area contributed by atoms with Crippen molar-refractivity contribution >= 4 is 0 Å². The molecule has 2 unspecified atom stereocenters. The Kier molecular flexibility index (Phi) is 6.45. The van der Waals surface area contributed by atoms with E-state index >= 15 is 0 Å². The number of hydrogen-bond donors (Lipinski definition) is 0. The lowest BCUT2D eigenvalue weighted by atomic mass is 9.69. The first-order valence-electron chi connectivity index (χ1n) is 10.5. The highest BCUT2D eigenvalue weighted by molar-refractivity contribution is 5.14. The fourth-order valence-corrected chi connectivity index (χ4v) is 5.65. The van der Waals surface area contributed by atoms with Crippen molar-refractivity contribution in [1.82, 2.24) is 0 Å². The van der Waals surface area contributed by atoms with E-state index in [9.17, 15) is 0 Å². The van der Waals surface area contributed by atoms with Crippen LogP contribution in [0.4, 0.5) is 0 Å². The molecule has 0 amide bonds. The predicted molar refractivity (Wildman–Crippen MR) is 97.0 cm³/mol. The van der Waals surface area contributed by atoms with Gasteiger partial charge in [-0.15, -0.1) is 0 Å². The van der Waals surface area contributed by atoms with Crippen LogP contribution in [0.15, 0.2) is 11.6 Å². The SMILES string of the molecule is CC1CCCCCC=C(C2CCCC2)C(C2CCCCC2)C1. The molecule has 0 bridgehead atoms. The maximum absolute atomic E-state index is 2.76. The van der Waals surface area contributed by atoms with E-state index in [1.807, 2.05) is 5.57 Å². The van der Waals surface area contributed by atoms with E-state index in [1.165, 1.54) is 96.3 Å². The molecule has 3 aliphatic carbocycles. The fraction of sp³-hybridized carbons (Fsp3) is 0.909. The van der Waals surface area contributed by atoms with Crippen molar-refractivity contribution < 1.29 is 0 Å². The summed E-state index contributed by atoms with van der Waals surface area (Å²) in [6.45, 7) is 2.55. The van der Waals surface area contributed by atoms with Crippen molar-refractivity contribution in [2.24, 2.45) is 23.7 Å². The van der Waals surface area contributed by atoms with Gasteiger partial charge in [0.1, 0.15) is 0 Å². The van der Waals surface area contributed by atoms with Crippen LogP contribution in [0.1, 0.15) is 103 Å². The summed E-state index contributed by atoms with van der Waals surface area (Å²) in [5.74, 6) is 3.91. The Hall–Kier alpha value is -0.260. The number of rotatable bonds is 2. The molecule has 22 heavy (non-hydrogen) atoms. The second-order valence-corrected chi connectivity index (χ2v) is 8.67. The van der Waals surface area contributed by atoms with E-state index < -0.39 is 0 Å². The molecule has 0 spiro atoms. The van der Waals surface area contributed by atoms with Crippen LogP contribution in [0.3, 0.4) is 0 Å².